The van der Waals surface area contributed by atoms with Gasteiger partial charge in [0.15, 0.2) is 11.4 Å². The maximum atomic E-state index is 13.7. The van der Waals surface area contributed by atoms with Crippen LogP contribution < -0.4 is 10.1 Å². The van der Waals surface area contributed by atoms with Crippen molar-refractivity contribution < 1.29 is 31.1 Å². The first-order valence-corrected chi connectivity index (χ1v) is 11.8. The zero-order valence-corrected chi connectivity index (χ0v) is 19.6. The Bertz CT molecular complexity index is 1270. The van der Waals surface area contributed by atoms with Gasteiger partial charge in [-0.15, -0.1) is 0 Å². The Kier molecular flexibility index (Phi) is 7.54. The normalized spacial score (nSPS) is 12.1. The zero-order chi connectivity index (χ0) is 25.1. The van der Waals surface area contributed by atoms with E-state index in [1.54, 1.807) is 13.8 Å². The first-order chi connectivity index (χ1) is 16.0. The van der Waals surface area contributed by atoms with E-state index in [9.17, 15) is 26.4 Å². The highest BCUT2D eigenvalue weighted by Gasteiger charge is 2.40. The number of nitrogens with one attached hydrogen (secondary N) is 1. The summed E-state index contributed by atoms with van der Waals surface area (Å²) >= 11 is 5.78. The lowest BCUT2D eigenvalue weighted by molar-refractivity contribution is -0.143. The van der Waals surface area contributed by atoms with E-state index in [4.69, 9.17) is 16.3 Å². The number of aromatic nitrogens is 2. The van der Waals surface area contributed by atoms with Crippen LogP contribution in [0.3, 0.4) is 0 Å². The molecule has 13 heteroatoms. The Balaban J connectivity index is 1.85. The lowest BCUT2D eigenvalue weighted by atomic mass is 10.3. The summed E-state index contributed by atoms with van der Waals surface area (Å²) in [5.41, 5.74) is -1.22. The Morgan fingerprint density at radius 3 is 2.38 bits per heavy atom. The average Bonchev–Trinajstić information content (AvgIpc) is 3.19. The van der Waals surface area contributed by atoms with Crippen molar-refractivity contribution in [2.75, 3.05) is 18.4 Å². The fourth-order valence-electron chi connectivity index (χ4n) is 3.14. The van der Waals surface area contributed by atoms with Gasteiger partial charge >= 0.3 is 12.3 Å². The number of ether oxygens (including phenoxy) is 1. The van der Waals surface area contributed by atoms with Gasteiger partial charge in [0.05, 0.1) is 16.8 Å². The molecule has 34 heavy (non-hydrogen) atoms. The SMILES string of the molecule is CCN(CC)S(=O)(=O)c1cccc(NC(=O)Oc2cnn(-c3ccc(Cl)cc3)c2C(F)(F)F)c1. The maximum absolute atomic E-state index is 13.7. The molecule has 0 aliphatic carbocycles. The first-order valence-electron chi connectivity index (χ1n) is 9.97. The minimum absolute atomic E-state index is 0.0249. The highest BCUT2D eigenvalue weighted by Crippen LogP contribution is 2.38. The number of benzene rings is 2. The van der Waals surface area contributed by atoms with Gasteiger partial charge < -0.3 is 4.74 Å². The van der Waals surface area contributed by atoms with E-state index < -0.39 is 33.7 Å². The van der Waals surface area contributed by atoms with E-state index in [2.05, 4.69) is 10.4 Å². The van der Waals surface area contributed by atoms with Gasteiger partial charge in [-0.3, -0.25) is 5.32 Å². The number of nitrogens with zero attached hydrogens (tertiary/aromatic N) is 3. The largest absolute Gasteiger partial charge is 0.437 e. The third kappa shape index (κ3) is 5.51. The van der Waals surface area contributed by atoms with Crippen molar-refractivity contribution in [3.05, 3.63) is 65.4 Å². The lowest BCUT2D eigenvalue weighted by Crippen LogP contribution is -2.30. The van der Waals surface area contributed by atoms with Gasteiger partial charge in [0, 0.05) is 23.8 Å². The van der Waals surface area contributed by atoms with Crippen molar-refractivity contribution in [1.29, 1.82) is 0 Å². The molecule has 0 aliphatic heterocycles. The minimum Gasteiger partial charge on any atom is -0.406 e. The monoisotopic (exact) mass is 516 g/mol. The third-order valence-corrected chi connectivity index (χ3v) is 7.00. The summed E-state index contributed by atoms with van der Waals surface area (Å²) in [5, 5.41) is 6.26. The van der Waals surface area contributed by atoms with Crippen LogP contribution in [-0.4, -0.2) is 41.7 Å². The van der Waals surface area contributed by atoms with Crippen LogP contribution >= 0.6 is 11.6 Å². The summed E-state index contributed by atoms with van der Waals surface area (Å²) in [7, 11) is -3.81. The molecule has 1 amide bonds. The van der Waals surface area contributed by atoms with Crippen molar-refractivity contribution in [1.82, 2.24) is 14.1 Å². The Morgan fingerprint density at radius 2 is 1.79 bits per heavy atom. The number of hydrogen-bond acceptors (Lipinski definition) is 5. The second-order valence-corrected chi connectivity index (χ2v) is 9.25. The van der Waals surface area contributed by atoms with E-state index >= 15 is 0 Å². The molecule has 1 N–H and O–H groups in total. The van der Waals surface area contributed by atoms with Crippen molar-refractivity contribution in [3.8, 4) is 11.4 Å². The molecule has 3 rings (SSSR count). The van der Waals surface area contributed by atoms with Gasteiger partial charge in [-0.2, -0.15) is 22.6 Å². The predicted molar refractivity (Wildman–Crippen MR) is 120 cm³/mol. The number of hydrogen-bond donors (Lipinski definition) is 1. The summed E-state index contributed by atoms with van der Waals surface area (Å²) in [6, 6.07) is 10.8. The van der Waals surface area contributed by atoms with Crippen LogP contribution in [0.25, 0.3) is 5.69 Å². The van der Waals surface area contributed by atoms with Gasteiger partial charge in [-0.1, -0.05) is 31.5 Å². The first kappa shape index (κ1) is 25.5. The molecule has 0 fully saturated rings. The van der Waals surface area contributed by atoms with Gasteiger partial charge in [0.2, 0.25) is 10.0 Å². The topological polar surface area (TPSA) is 93.5 Å². The quantitative estimate of drug-likeness (QED) is 0.466. The summed E-state index contributed by atoms with van der Waals surface area (Å²) in [5.74, 6) is -0.827. The van der Waals surface area contributed by atoms with E-state index in [1.807, 2.05) is 0 Å². The second kappa shape index (κ2) is 10.0. The predicted octanol–water partition coefficient (Wildman–Crippen LogP) is 5.19. The van der Waals surface area contributed by atoms with Gasteiger partial charge in [0.25, 0.3) is 0 Å². The molecular formula is C21H20ClF3N4O4S. The number of amides is 1. The van der Waals surface area contributed by atoms with E-state index in [0.717, 1.165) is 6.20 Å². The molecule has 0 spiro atoms. The minimum atomic E-state index is -4.90. The summed E-state index contributed by atoms with van der Waals surface area (Å²) in [4.78, 5) is 12.3. The average molecular weight is 517 g/mol. The van der Waals surface area contributed by atoms with Crippen LogP contribution in [0.1, 0.15) is 19.5 Å². The molecule has 182 valence electrons. The highest BCUT2D eigenvalue weighted by molar-refractivity contribution is 7.89. The molecule has 0 saturated heterocycles. The fraction of sp³-hybridized carbons (Fsp3) is 0.238. The summed E-state index contributed by atoms with van der Waals surface area (Å²) in [6.45, 7) is 3.86. The number of rotatable bonds is 7. The van der Waals surface area contributed by atoms with E-state index in [0.29, 0.717) is 9.70 Å². The molecule has 1 aromatic heterocycles. The van der Waals surface area contributed by atoms with Crippen molar-refractivity contribution in [2.45, 2.75) is 24.9 Å². The standard InChI is InChI=1S/C21H20ClF3N4O4S/c1-3-28(4-2)34(31,32)17-7-5-6-15(12-17)27-20(30)33-18-13-26-29(19(18)21(23,24)25)16-10-8-14(22)9-11-16/h5-13H,3-4H2,1-2H3,(H,27,30). The van der Waals surface area contributed by atoms with E-state index in [-0.39, 0.29) is 29.4 Å². The lowest BCUT2D eigenvalue weighted by Gasteiger charge is -2.18. The summed E-state index contributed by atoms with van der Waals surface area (Å²) < 4.78 is 73.3. The molecule has 0 bridgehead atoms. The second-order valence-electron chi connectivity index (χ2n) is 6.88. The third-order valence-electron chi connectivity index (χ3n) is 4.70. The number of carbonyl (C=O) groups excluding carboxylic acids is 1. The van der Waals surface area contributed by atoms with Crippen LogP contribution in [0.5, 0.6) is 5.75 Å². The number of sulfonamides is 1. The number of alkyl halides is 3. The molecule has 0 radical (unpaired) electrons. The number of halogens is 4. The molecule has 0 atom stereocenters. The fourth-order valence-corrected chi connectivity index (χ4v) is 4.77. The molecule has 8 nitrogen and oxygen atoms in total. The number of anilines is 1. The zero-order valence-electron chi connectivity index (χ0n) is 18.0. The van der Waals surface area contributed by atoms with Gasteiger partial charge in [-0.25, -0.2) is 17.9 Å². The van der Waals surface area contributed by atoms with Crippen molar-refractivity contribution in [2.24, 2.45) is 0 Å². The Morgan fingerprint density at radius 1 is 1.15 bits per heavy atom. The Hall–Kier alpha value is -3.09. The van der Waals surface area contributed by atoms with Gasteiger partial charge in [-0.05, 0) is 42.5 Å². The van der Waals surface area contributed by atoms with Crippen molar-refractivity contribution in [3.63, 3.8) is 0 Å². The molecule has 2 aromatic carbocycles. The molecular weight excluding hydrogens is 497 g/mol. The van der Waals surface area contributed by atoms with Crippen molar-refractivity contribution >= 4 is 33.4 Å². The summed E-state index contributed by atoms with van der Waals surface area (Å²) in [6.07, 6.45) is -5.39. The van der Waals surface area contributed by atoms with E-state index in [1.165, 1.54) is 52.8 Å². The van der Waals surface area contributed by atoms with Crippen LogP contribution in [0.2, 0.25) is 5.02 Å². The van der Waals surface area contributed by atoms with Crippen LogP contribution in [0.4, 0.5) is 23.7 Å². The molecule has 3 aromatic rings. The van der Waals surface area contributed by atoms with Crippen LogP contribution in [-0.2, 0) is 16.2 Å². The molecule has 0 unspecified atom stereocenters. The smallest absolute Gasteiger partial charge is 0.406 e. The maximum Gasteiger partial charge on any atom is 0.437 e. The molecule has 0 saturated carbocycles. The Labute approximate surface area is 198 Å². The highest BCUT2D eigenvalue weighted by atomic mass is 35.5. The van der Waals surface area contributed by atoms with Crippen LogP contribution in [0, 0.1) is 0 Å². The number of carbonyl (C=O) groups is 1. The van der Waals surface area contributed by atoms with Crippen LogP contribution in [0.15, 0.2) is 59.6 Å². The molecule has 0 aliphatic rings. The van der Waals surface area contributed by atoms with Gasteiger partial charge in [0.1, 0.15) is 0 Å². The molecule has 1 heterocycles.